The molecule has 0 amide bonds. The van der Waals surface area contributed by atoms with Crippen molar-refractivity contribution in [3.8, 4) is 12.1 Å². The topological polar surface area (TPSA) is 69.6 Å². The largest absolute Gasteiger partial charge is 0.298 e. The van der Waals surface area contributed by atoms with Crippen molar-refractivity contribution in [1.29, 1.82) is 10.5 Å². The lowest BCUT2D eigenvalue weighted by molar-refractivity contribution is 0.722. The molecule has 5 heteroatoms. The SMILES string of the molecule is CCn1c(=C(C#N)C#N)s/c(=C/c2cccc(C)c2)c1=O. The van der Waals surface area contributed by atoms with Gasteiger partial charge in [-0.1, -0.05) is 29.8 Å². The third-order valence-corrected chi connectivity index (χ3v) is 4.13. The predicted molar refractivity (Wildman–Crippen MR) is 82.9 cm³/mol. The first-order valence-corrected chi connectivity index (χ1v) is 7.25. The van der Waals surface area contributed by atoms with Crippen molar-refractivity contribution in [2.75, 3.05) is 0 Å². The minimum atomic E-state index is -0.165. The Morgan fingerprint density at radius 2 is 2.10 bits per heavy atom. The fourth-order valence-corrected chi connectivity index (χ4v) is 3.14. The molecule has 0 spiro atoms. The van der Waals surface area contributed by atoms with Gasteiger partial charge < -0.3 is 0 Å². The summed E-state index contributed by atoms with van der Waals surface area (Å²) in [5, 5.41) is 18.0. The van der Waals surface area contributed by atoms with Crippen LogP contribution in [0, 0.1) is 29.6 Å². The van der Waals surface area contributed by atoms with E-state index in [4.69, 9.17) is 10.5 Å². The van der Waals surface area contributed by atoms with E-state index in [0.717, 1.165) is 11.1 Å². The molecule has 1 aromatic carbocycles. The lowest BCUT2D eigenvalue weighted by Crippen LogP contribution is -2.31. The number of thiazole rings is 1. The van der Waals surface area contributed by atoms with Gasteiger partial charge in [0.15, 0.2) is 5.57 Å². The van der Waals surface area contributed by atoms with Crippen molar-refractivity contribution >= 4 is 23.0 Å². The van der Waals surface area contributed by atoms with E-state index in [-0.39, 0.29) is 11.1 Å². The average molecular weight is 295 g/mol. The summed E-state index contributed by atoms with van der Waals surface area (Å²) in [4.78, 5) is 12.4. The maximum absolute atomic E-state index is 12.4. The molecule has 2 aromatic rings. The van der Waals surface area contributed by atoms with Gasteiger partial charge in [-0.3, -0.25) is 9.36 Å². The minimum Gasteiger partial charge on any atom is -0.298 e. The number of rotatable bonds is 2. The van der Waals surface area contributed by atoms with Crippen molar-refractivity contribution in [1.82, 2.24) is 4.57 Å². The van der Waals surface area contributed by atoms with Gasteiger partial charge in [-0.2, -0.15) is 10.5 Å². The van der Waals surface area contributed by atoms with Gasteiger partial charge in [0.25, 0.3) is 5.56 Å². The maximum atomic E-state index is 12.4. The fraction of sp³-hybridized carbons (Fsp3) is 0.188. The molecule has 0 saturated heterocycles. The van der Waals surface area contributed by atoms with Gasteiger partial charge in [0.2, 0.25) is 0 Å². The molecule has 4 nitrogen and oxygen atoms in total. The van der Waals surface area contributed by atoms with Crippen LogP contribution in [-0.2, 0) is 6.54 Å². The summed E-state index contributed by atoms with van der Waals surface area (Å²) in [6, 6.07) is 11.5. The van der Waals surface area contributed by atoms with Gasteiger partial charge >= 0.3 is 0 Å². The lowest BCUT2D eigenvalue weighted by Gasteiger charge is -1.94. The van der Waals surface area contributed by atoms with Crippen LogP contribution >= 0.6 is 11.3 Å². The molecule has 0 radical (unpaired) electrons. The molecule has 0 fully saturated rings. The zero-order valence-corrected chi connectivity index (χ0v) is 12.6. The van der Waals surface area contributed by atoms with Crippen molar-refractivity contribution < 1.29 is 0 Å². The van der Waals surface area contributed by atoms with E-state index in [0.29, 0.717) is 15.7 Å². The Hall–Kier alpha value is -2.63. The van der Waals surface area contributed by atoms with E-state index >= 15 is 0 Å². The number of hydrogen-bond acceptors (Lipinski definition) is 4. The highest BCUT2D eigenvalue weighted by molar-refractivity contribution is 7.07. The Kier molecular flexibility index (Phi) is 4.37. The van der Waals surface area contributed by atoms with Crippen LogP contribution in [-0.4, -0.2) is 4.57 Å². The van der Waals surface area contributed by atoms with Crippen molar-refractivity contribution in [2.24, 2.45) is 0 Å². The van der Waals surface area contributed by atoms with E-state index < -0.39 is 0 Å². The summed E-state index contributed by atoms with van der Waals surface area (Å²) < 4.78 is 2.42. The van der Waals surface area contributed by atoms with Gasteiger partial charge in [0.1, 0.15) is 16.8 Å². The highest BCUT2D eigenvalue weighted by atomic mass is 32.1. The highest BCUT2D eigenvalue weighted by Gasteiger charge is 2.07. The predicted octanol–water partition coefficient (Wildman–Crippen LogP) is 1.26. The summed E-state index contributed by atoms with van der Waals surface area (Å²) in [5.74, 6) is 0. The average Bonchev–Trinajstić information content (AvgIpc) is 2.77. The van der Waals surface area contributed by atoms with Crippen molar-refractivity contribution in [3.05, 3.63) is 54.9 Å². The molecule has 21 heavy (non-hydrogen) atoms. The fourth-order valence-electron chi connectivity index (χ4n) is 2.02. The first kappa shape index (κ1) is 14.8. The van der Waals surface area contributed by atoms with E-state index in [1.54, 1.807) is 6.08 Å². The van der Waals surface area contributed by atoms with Crippen LogP contribution in [0.2, 0.25) is 0 Å². The molecule has 0 bridgehead atoms. The summed E-state index contributed by atoms with van der Waals surface area (Å²) >= 11 is 1.18. The Morgan fingerprint density at radius 1 is 1.38 bits per heavy atom. The van der Waals surface area contributed by atoms with E-state index in [9.17, 15) is 4.79 Å². The zero-order chi connectivity index (χ0) is 15.4. The van der Waals surface area contributed by atoms with Crippen LogP contribution in [0.1, 0.15) is 18.1 Å². The second-order valence-electron chi connectivity index (χ2n) is 4.48. The smallest absolute Gasteiger partial charge is 0.269 e. The number of nitriles is 2. The van der Waals surface area contributed by atoms with Gasteiger partial charge in [-0.05, 0) is 25.5 Å². The number of aryl methyl sites for hydroxylation is 1. The summed E-state index contributed by atoms with van der Waals surface area (Å²) in [5.41, 5.74) is 1.85. The zero-order valence-electron chi connectivity index (χ0n) is 11.8. The van der Waals surface area contributed by atoms with Gasteiger partial charge in [0, 0.05) is 6.54 Å². The Morgan fingerprint density at radius 3 is 2.67 bits per heavy atom. The Labute approximate surface area is 126 Å². The minimum absolute atomic E-state index is 0.0251. The Bertz CT molecular complexity index is 920. The molecule has 0 atom stereocenters. The normalized spacial score (nSPS) is 11.0. The second-order valence-corrected chi connectivity index (χ2v) is 5.51. The molecule has 2 rings (SSSR count). The van der Waals surface area contributed by atoms with Gasteiger partial charge in [0.05, 0.1) is 4.53 Å². The second kappa shape index (κ2) is 6.21. The standard InChI is InChI=1S/C16H13N3OS/c1-3-19-15(20)14(21-16(19)13(9-17)10-18)8-12-6-4-5-11(2)7-12/h4-8H,3H2,1-2H3/b14-8+. The maximum Gasteiger partial charge on any atom is 0.269 e. The lowest BCUT2D eigenvalue weighted by atomic mass is 10.1. The molecule has 0 unspecified atom stereocenters. The van der Waals surface area contributed by atoms with Crippen molar-refractivity contribution in [2.45, 2.75) is 20.4 Å². The van der Waals surface area contributed by atoms with Crippen LogP contribution in [0.3, 0.4) is 0 Å². The van der Waals surface area contributed by atoms with Crippen LogP contribution < -0.4 is 14.8 Å². The van der Waals surface area contributed by atoms with Crippen LogP contribution in [0.5, 0.6) is 0 Å². The molecule has 0 aliphatic heterocycles. The molecule has 104 valence electrons. The molecule has 0 saturated carbocycles. The van der Waals surface area contributed by atoms with E-state index in [2.05, 4.69) is 0 Å². The first-order chi connectivity index (χ1) is 10.1. The van der Waals surface area contributed by atoms with Gasteiger partial charge in [-0.15, -0.1) is 11.3 Å². The Balaban J connectivity index is 2.81. The quantitative estimate of drug-likeness (QED) is 0.837. The molecule has 1 aromatic heterocycles. The van der Waals surface area contributed by atoms with E-state index in [1.807, 2.05) is 50.3 Å². The third-order valence-electron chi connectivity index (χ3n) is 3.00. The van der Waals surface area contributed by atoms with Crippen LogP contribution in [0.4, 0.5) is 0 Å². The molecule has 1 heterocycles. The summed E-state index contributed by atoms with van der Waals surface area (Å²) in [7, 11) is 0. The summed E-state index contributed by atoms with van der Waals surface area (Å²) in [6.45, 7) is 4.23. The molecular formula is C16H13N3OS. The molecule has 0 aliphatic carbocycles. The first-order valence-electron chi connectivity index (χ1n) is 6.43. The van der Waals surface area contributed by atoms with E-state index in [1.165, 1.54) is 15.9 Å². The third kappa shape index (κ3) is 2.94. The molecular weight excluding hydrogens is 282 g/mol. The number of hydrogen-bond donors (Lipinski definition) is 0. The monoisotopic (exact) mass is 295 g/mol. The summed E-state index contributed by atoms with van der Waals surface area (Å²) in [6.07, 6.45) is 1.79. The van der Waals surface area contributed by atoms with Crippen LogP contribution in [0.15, 0.2) is 29.1 Å². The van der Waals surface area contributed by atoms with Gasteiger partial charge in [-0.25, -0.2) is 0 Å². The number of nitrogens with zero attached hydrogens (tertiary/aromatic N) is 3. The molecule has 0 aliphatic rings. The number of aromatic nitrogens is 1. The number of benzene rings is 1. The highest BCUT2D eigenvalue weighted by Crippen LogP contribution is 2.04. The van der Waals surface area contributed by atoms with Crippen molar-refractivity contribution in [3.63, 3.8) is 0 Å². The molecule has 0 N–H and O–H groups in total. The van der Waals surface area contributed by atoms with Crippen LogP contribution in [0.25, 0.3) is 11.6 Å².